The Morgan fingerprint density at radius 1 is 0.907 bits per heavy atom. The van der Waals surface area contributed by atoms with E-state index < -0.39 is 11.2 Å². The third-order valence-electron chi connectivity index (χ3n) is 9.09. The molecule has 224 valence electrons. The Labute approximate surface area is 250 Å². The number of halogens is 1. The zero-order valence-electron chi connectivity index (χ0n) is 24.7. The van der Waals surface area contributed by atoms with E-state index in [0.717, 1.165) is 63.0 Å². The van der Waals surface area contributed by atoms with E-state index in [-0.39, 0.29) is 28.3 Å². The smallest absolute Gasteiger partial charge is 0.259 e. The van der Waals surface area contributed by atoms with Crippen LogP contribution in [0.3, 0.4) is 0 Å². The average Bonchev–Trinajstić information content (AvgIpc) is 3.02. The van der Waals surface area contributed by atoms with E-state index in [9.17, 15) is 9.59 Å². The number of anilines is 1. The molecule has 1 aromatic heterocycles. The molecule has 0 saturated carbocycles. The number of pyridine rings is 1. The fourth-order valence-electron chi connectivity index (χ4n) is 6.43. The van der Waals surface area contributed by atoms with Crippen LogP contribution in [0.15, 0.2) is 53.5 Å². The van der Waals surface area contributed by atoms with Crippen molar-refractivity contribution in [1.82, 2.24) is 24.2 Å². The van der Waals surface area contributed by atoms with E-state index in [4.69, 9.17) is 4.74 Å². The Bertz CT molecular complexity index is 1770. The molecule has 4 heterocycles. The first-order chi connectivity index (χ1) is 20.9. The van der Waals surface area contributed by atoms with Crippen LogP contribution in [0.2, 0.25) is 0 Å². The van der Waals surface area contributed by atoms with Gasteiger partial charge in [-0.3, -0.25) is 9.59 Å². The summed E-state index contributed by atoms with van der Waals surface area (Å²) in [7, 11) is 4.15. The number of likely N-dealkylation sites (N-methyl/N-ethyl adjacent to an activating group) is 2. The van der Waals surface area contributed by atoms with Crippen molar-refractivity contribution < 1.29 is 13.9 Å². The average molecular weight is 585 g/mol. The lowest BCUT2D eigenvalue weighted by molar-refractivity contribution is 0.0662. The first-order valence-corrected chi connectivity index (χ1v) is 15.1. The summed E-state index contributed by atoms with van der Waals surface area (Å²) in [5.41, 5.74) is 0.957. The molecule has 3 aromatic carbocycles. The number of ether oxygens (including phenoxy) is 1. The highest BCUT2D eigenvalue weighted by atomic mass is 19.1. The second kappa shape index (κ2) is 11.3. The molecule has 3 aliphatic heterocycles. The Morgan fingerprint density at radius 2 is 1.63 bits per heavy atom. The number of carbonyl (C=O) groups is 1. The summed E-state index contributed by atoms with van der Waals surface area (Å²) < 4.78 is 24.3. The van der Waals surface area contributed by atoms with Gasteiger partial charge in [-0.05, 0) is 44.6 Å². The lowest BCUT2D eigenvalue weighted by Crippen LogP contribution is -2.48. The molecule has 1 N–H and O–H groups in total. The standard InChI is InChI=1S/C33H37FN6O3/c1-36-12-16-38(17-13-36)11-5-10-35-28-26(34)20-24-29-32(28)43-31-23-7-4-3-6-22(23)8-9-27(31)40(29)21-25(30(24)41)33(42)39-18-14-37(2)15-19-39/h3-4,6-9,20-21,35H,5,10-19H2,1-2H3. The molecule has 0 spiro atoms. The van der Waals surface area contributed by atoms with Crippen LogP contribution in [0, 0.1) is 5.82 Å². The van der Waals surface area contributed by atoms with Gasteiger partial charge in [0, 0.05) is 70.5 Å². The van der Waals surface area contributed by atoms with Gasteiger partial charge >= 0.3 is 0 Å². The van der Waals surface area contributed by atoms with Gasteiger partial charge in [0.15, 0.2) is 17.3 Å². The van der Waals surface area contributed by atoms with E-state index in [1.165, 1.54) is 6.07 Å². The lowest BCUT2D eigenvalue weighted by Gasteiger charge is -2.33. The zero-order valence-corrected chi connectivity index (χ0v) is 24.7. The number of nitrogens with zero attached hydrogens (tertiary/aromatic N) is 5. The molecule has 0 bridgehead atoms. The first-order valence-electron chi connectivity index (χ1n) is 15.1. The predicted molar refractivity (Wildman–Crippen MR) is 168 cm³/mol. The SMILES string of the molecule is CN1CCN(CCCNc2c(F)cc3c(=O)c(C(=O)N4CCN(C)CC4)cn4c3c2Oc2c-4ccc3ccccc23)CC1. The largest absolute Gasteiger partial charge is 0.450 e. The van der Waals surface area contributed by atoms with E-state index in [0.29, 0.717) is 36.6 Å². The van der Waals surface area contributed by atoms with Crippen LogP contribution in [0.5, 0.6) is 11.5 Å². The number of rotatable bonds is 6. The summed E-state index contributed by atoms with van der Waals surface area (Å²) in [6, 6.07) is 13.1. The number of benzene rings is 3. The molecule has 2 saturated heterocycles. The van der Waals surface area contributed by atoms with Crippen molar-refractivity contribution in [1.29, 1.82) is 0 Å². The highest BCUT2D eigenvalue weighted by Crippen LogP contribution is 2.47. The van der Waals surface area contributed by atoms with Crippen LogP contribution in [-0.2, 0) is 0 Å². The fourth-order valence-corrected chi connectivity index (χ4v) is 6.43. The molecule has 10 heteroatoms. The van der Waals surface area contributed by atoms with Gasteiger partial charge in [-0.2, -0.15) is 0 Å². The second-order valence-electron chi connectivity index (χ2n) is 12.0. The van der Waals surface area contributed by atoms with Crippen molar-refractivity contribution in [3.63, 3.8) is 0 Å². The van der Waals surface area contributed by atoms with Crippen LogP contribution in [0.1, 0.15) is 16.8 Å². The van der Waals surface area contributed by atoms with E-state index in [2.05, 4.69) is 27.1 Å². The quantitative estimate of drug-likeness (QED) is 0.304. The molecular weight excluding hydrogens is 547 g/mol. The van der Waals surface area contributed by atoms with Crippen LogP contribution in [0.25, 0.3) is 27.4 Å². The van der Waals surface area contributed by atoms with Gasteiger partial charge in [0.1, 0.15) is 16.8 Å². The minimum Gasteiger partial charge on any atom is -0.450 e. The highest BCUT2D eigenvalue weighted by Gasteiger charge is 2.31. The maximum Gasteiger partial charge on any atom is 0.259 e. The third kappa shape index (κ3) is 5.03. The van der Waals surface area contributed by atoms with Crippen molar-refractivity contribution in [2.24, 2.45) is 0 Å². The predicted octanol–water partition coefficient (Wildman–Crippen LogP) is 3.83. The number of fused-ring (bicyclic) bond motifs is 4. The Hall–Kier alpha value is -3.99. The minimum absolute atomic E-state index is 0.0382. The Balaban J connectivity index is 1.30. The Morgan fingerprint density at radius 3 is 2.40 bits per heavy atom. The monoisotopic (exact) mass is 584 g/mol. The molecule has 0 unspecified atom stereocenters. The van der Waals surface area contributed by atoms with Gasteiger partial charge in [0.25, 0.3) is 5.91 Å². The van der Waals surface area contributed by atoms with Gasteiger partial charge in [0.05, 0.1) is 11.1 Å². The molecule has 4 aromatic rings. The van der Waals surface area contributed by atoms with Crippen LogP contribution >= 0.6 is 0 Å². The molecule has 0 radical (unpaired) electrons. The molecular formula is C33H37FN6O3. The molecule has 3 aliphatic rings. The molecule has 0 atom stereocenters. The zero-order chi connectivity index (χ0) is 29.7. The molecule has 7 rings (SSSR count). The van der Waals surface area contributed by atoms with Crippen LogP contribution < -0.4 is 15.5 Å². The summed E-state index contributed by atoms with van der Waals surface area (Å²) in [5, 5.41) is 5.28. The molecule has 2 fully saturated rings. The third-order valence-corrected chi connectivity index (χ3v) is 9.09. The number of amides is 1. The van der Waals surface area contributed by atoms with Crippen molar-refractivity contribution in [2.45, 2.75) is 6.42 Å². The maximum absolute atomic E-state index is 15.9. The van der Waals surface area contributed by atoms with E-state index in [1.54, 1.807) is 11.1 Å². The highest BCUT2D eigenvalue weighted by molar-refractivity contribution is 6.03. The van der Waals surface area contributed by atoms with Gasteiger partial charge in [-0.1, -0.05) is 30.3 Å². The number of carbonyl (C=O) groups excluding carboxylic acids is 1. The van der Waals surface area contributed by atoms with Gasteiger partial charge in [-0.25, -0.2) is 4.39 Å². The summed E-state index contributed by atoms with van der Waals surface area (Å²) in [6.45, 7) is 8.17. The lowest BCUT2D eigenvalue weighted by atomic mass is 10.0. The van der Waals surface area contributed by atoms with Crippen LogP contribution in [-0.4, -0.2) is 110 Å². The van der Waals surface area contributed by atoms with Crippen molar-refractivity contribution in [2.75, 3.05) is 84.9 Å². The number of aromatic nitrogens is 1. The molecule has 9 nitrogen and oxygen atoms in total. The maximum atomic E-state index is 15.9. The Kier molecular flexibility index (Phi) is 7.28. The fraction of sp³-hybridized carbons (Fsp3) is 0.394. The normalized spacial score (nSPS) is 17.7. The summed E-state index contributed by atoms with van der Waals surface area (Å²) in [5.74, 6) is -0.0574. The van der Waals surface area contributed by atoms with Crippen molar-refractivity contribution in [3.8, 4) is 17.2 Å². The number of hydrogen-bond donors (Lipinski definition) is 1. The van der Waals surface area contributed by atoms with E-state index >= 15 is 4.39 Å². The summed E-state index contributed by atoms with van der Waals surface area (Å²) >= 11 is 0. The second-order valence-corrected chi connectivity index (χ2v) is 12.0. The summed E-state index contributed by atoms with van der Waals surface area (Å²) in [4.78, 5) is 36.2. The molecule has 0 aliphatic carbocycles. The number of nitrogens with one attached hydrogen (secondary N) is 1. The van der Waals surface area contributed by atoms with Crippen LogP contribution in [0.4, 0.5) is 10.1 Å². The van der Waals surface area contributed by atoms with Crippen molar-refractivity contribution in [3.05, 3.63) is 70.3 Å². The molecule has 1 amide bonds. The van der Waals surface area contributed by atoms with E-state index in [1.807, 2.05) is 48.0 Å². The number of piperazine rings is 2. The minimum atomic E-state index is -0.571. The van der Waals surface area contributed by atoms with Crippen molar-refractivity contribution >= 4 is 33.3 Å². The summed E-state index contributed by atoms with van der Waals surface area (Å²) in [6.07, 6.45) is 2.46. The first kappa shape index (κ1) is 27.8. The van der Waals surface area contributed by atoms with Gasteiger partial charge in [0.2, 0.25) is 5.43 Å². The van der Waals surface area contributed by atoms with Gasteiger partial charge < -0.3 is 34.2 Å². The van der Waals surface area contributed by atoms with Gasteiger partial charge in [-0.15, -0.1) is 0 Å². The topological polar surface area (TPSA) is 73.3 Å². The molecule has 43 heavy (non-hydrogen) atoms. The number of hydrogen-bond acceptors (Lipinski definition) is 7.